The van der Waals surface area contributed by atoms with Crippen molar-refractivity contribution < 1.29 is 4.52 Å². The molecule has 4 nitrogen and oxygen atoms in total. The Labute approximate surface area is 85.1 Å². The van der Waals surface area contributed by atoms with Crippen LogP contribution in [-0.4, -0.2) is 16.2 Å². The van der Waals surface area contributed by atoms with E-state index in [1.165, 1.54) is 0 Å². The van der Waals surface area contributed by atoms with E-state index in [2.05, 4.69) is 43.2 Å². The summed E-state index contributed by atoms with van der Waals surface area (Å²) < 4.78 is 5.16. The average molecular weight is 197 g/mol. The molecule has 0 fully saturated rings. The quantitative estimate of drug-likeness (QED) is 0.802. The third-order valence-corrected chi connectivity index (χ3v) is 1.99. The van der Waals surface area contributed by atoms with Crippen molar-refractivity contribution in [1.29, 1.82) is 0 Å². The van der Waals surface area contributed by atoms with Crippen LogP contribution in [0.15, 0.2) is 4.52 Å². The molecule has 0 spiro atoms. The highest BCUT2D eigenvalue weighted by molar-refractivity contribution is 4.93. The number of rotatable bonds is 4. The third kappa shape index (κ3) is 2.80. The fourth-order valence-corrected chi connectivity index (χ4v) is 1.35. The van der Waals surface area contributed by atoms with Crippen LogP contribution in [0.4, 0.5) is 0 Å². The number of hydrogen-bond acceptors (Lipinski definition) is 4. The maximum Gasteiger partial charge on any atom is 0.244 e. The van der Waals surface area contributed by atoms with Crippen LogP contribution in [0.25, 0.3) is 0 Å². The topological polar surface area (TPSA) is 51.0 Å². The molecule has 1 aromatic heterocycles. The van der Waals surface area contributed by atoms with Gasteiger partial charge in [0.1, 0.15) is 0 Å². The fourth-order valence-electron chi connectivity index (χ4n) is 1.35. The van der Waals surface area contributed by atoms with Gasteiger partial charge in [-0.05, 0) is 12.8 Å². The van der Waals surface area contributed by atoms with E-state index in [0.29, 0.717) is 23.7 Å². The summed E-state index contributed by atoms with van der Waals surface area (Å²) >= 11 is 0. The van der Waals surface area contributed by atoms with Crippen molar-refractivity contribution in [1.82, 2.24) is 15.5 Å². The summed E-state index contributed by atoms with van der Waals surface area (Å²) in [7, 11) is 0. The normalized spacial score (nSPS) is 13.9. The highest BCUT2D eigenvalue weighted by Gasteiger charge is 2.22. The maximum absolute atomic E-state index is 5.16. The monoisotopic (exact) mass is 197 g/mol. The zero-order chi connectivity index (χ0) is 10.7. The molecular formula is C10H19N3O. The van der Waals surface area contributed by atoms with Crippen LogP contribution >= 0.6 is 0 Å². The summed E-state index contributed by atoms with van der Waals surface area (Å²) in [5, 5.41) is 7.21. The van der Waals surface area contributed by atoms with E-state index in [4.69, 9.17) is 4.52 Å². The van der Waals surface area contributed by atoms with E-state index in [0.717, 1.165) is 0 Å². The van der Waals surface area contributed by atoms with Crippen LogP contribution in [0.2, 0.25) is 0 Å². The van der Waals surface area contributed by atoms with E-state index in [1.807, 2.05) is 6.92 Å². The minimum absolute atomic E-state index is 0.149. The number of hydrogen-bond donors (Lipinski definition) is 1. The lowest BCUT2D eigenvalue weighted by Crippen LogP contribution is -2.31. The molecule has 1 rings (SSSR count). The minimum Gasteiger partial charge on any atom is -0.338 e. The zero-order valence-electron chi connectivity index (χ0n) is 9.53. The van der Waals surface area contributed by atoms with E-state index < -0.39 is 0 Å². The Kier molecular flexibility index (Phi) is 3.63. The largest absolute Gasteiger partial charge is 0.338 e. The molecule has 4 heteroatoms. The van der Waals surface area contributed by atoms with Gasteiger partial charge in [-0.2, -0.15) is 4.98 Å². The minimum atomic E-state index is 0.149. The lowest BCUT2D eigenvalue weighted by Gasteiger charge is -2.20. The van der Waals surface area contributed by atoms with Crippen LogP contribution < -0.4 is 5.32 Å². The molecule has 0 saturated heterocycles. The molecule has 1 aromatic rings. The van der Waals surface area contributed by atoms with Crippen molar-refractivity contribution in [3.05, 3.63) is 11.7 Å². The molecule has 0 bridgehead atoms. The molecule has 0 aliphatic rings. The van der Waals surface area contributed by atoms with Crippen molar-refractivity contribution in [2.24, 2.45) is 5.92 Å². The van der Waals surface area contributed by atoms with Crippen molar-refractivity contribution in [2.45, 2.75) is 46.7 Å². The Balaban J connectivity index is 2.77. The second kappa shape index (κ2) is 4.55. The van der Waals surface area contributed by atoms with Gasteiger partial charge in [-0.25, -0.2) is 0 Å². The first kappa shape index (κ1) is 11.2. The second-order valence-electron chi connectivity index (χ2n) is 4.22. The van der Waals surface area contributed by atoms with E-state index >= 15 is 0 Å². The number of nitrogens with zero attached hydrogens (tertiary/aromatic N) is 2. The molecule has 1 heterocycles. The Morgan fingerprint density at radius 2 is 1.86 bits per heavy atom. The highest BCUT2D eigenvalue weighted by atomic mass is 16.5. The highest BCUT2D eigenvalue weighted by Crippen LogP contribution is 2.20. The predicted molar refractivity (Wildman–Crippen MR) is 54.9 cm³/mol. The van der Waals surface area contributed by atoms with Crippen molar-refractivity contribution in [3.8, 4) is 0 Å². The van der Waals surface area contributed by atoms with Crippen LogP contribution in [0.1, 0.15) is 45.5 Å². The lowest BCUT2D eigenvalue weighted by atomic mass is 10.0. The summed E-state index contributed by atoms with van der Waals surface area (Å²) in [6, 6.07) is 0.561. The summed E-state index contributed by atoms with van der Waals surface area (Å²) in [6.45, 7) is 10.3. The summed E-state index contributed by atoms with van der Waals surface area (Å²) in [5.74, 6) is 1.82. The maximum atomic E-state index is 5.16. The lowest BCUT2D eigenvalue weighted by molar-refractivity contribution is 0.276. The molecule has 0 aromatic carbocycles. The Bertz CT molecular complexity index is 281. The van der Waals surface area contributed by atoms with Crippen molar-refractivity contribution in [2.75, 3.05) is 0 Å². The van der Waals surface area contributed by atoms with Gasteiger partial charge in [0.05, 0.1) is 6.04 Å². The van der Waals surface area contributed by atoms with Crippen LogP contribution in [0.5, 0.6) is 0 Å². The van der Waals surface area contributed by atoms with Gasteiger partial charge in [0.2, 0.25) is 5.89 Å². The van der Waals surface area contributed by atoms with E-state index in [-0.39, 0.29) is 6.04 Å². The fraction of sp³-hybridized carbons (Fsp3) is 0.800. The molecule has 0 radical (unpaired) electrons. The van der Waals surface area contributed by atoms with Gasteiger partial charge >= 0.3 is 0 Å². The SMILES string of the molecule is Cc1noc(C(NC(C)C)C(C)C)n1. The van der Waals surface area contributed by atoms with Gasteiger partial charge in [-0.1, -0.05) is 32.9 Å². The summed E-state index contributed by atoms with van der Waals surface area (Å²) in [5.41, 5.74) is 0. The number of nitrogens with one attached hydrogen (secondary N) is 1. The molecule has 1 atom stereocenters. The summed E-state index contributed by atoms with van der Waals surface area (Å²) in [6.07, 6.45) is 0. The second-order valence-corrected chi connectivity index (χ2v) is 4.22. The van der Waals surface area contributed by atoms with Gasteiger partial charge < -0.3 is 9.84 Å². The smallest absolute Gasteiger partial charge is 0.244 e. The zero-order valence-corrected chi connectivity index (χ0v) is 9.53. The first-order chi connectivity index (χ1) is 6.50. The summed E-state index contributed by atoms with van der Waals surface area (Å²) in [4.78, 5) is 4.25. The number of aromatic nitrogens is 2. The van der Waals surface area contributed by atoms with Gasteiger partial charge in [0.15, 0.2) is 5.82 Å². The molecule has 0 aliphatic heterocycles. The third-order valence-electron chi connectivity index (χ3n) is 1.99. The van der Waals surface area contributed by atoms with Gasteiger partial charge in [0.25, 0.3) is 0 Å². The Morgan fingerprint density at radius 3 is 2.21 bits per heavy atom. The standard InChI is InChI=1S/C10H19N3O/c1-6(2)9(11-7(3)4)10-12-8(5)13-14-10/h6-7,9,11H,1-5H3. The molecule has 80 valence electrons. The first-order valence-corrected chi connectivity index (χ1v) is 5.07. The van der Waals surface area contributed by atoms with Gasteiger partial charge in [-0.3, -0.25) is 0 Å². The van der Waals surface area contributed by atoms with Crippen LogP contribution in [0.3, 0.4) is 0 Å². The molecule has 0 aliphatic carbocycles. The van der Waals surface area contributed by atoms with E-state index in [9.17, 15) is 0 Å². The molecule has 1 unspecified atom stereocenters. The average Bonchev–Trinajstić information content (AvgIpc) is 2.46. The van der Waals surface area contributed by atoms with E-state index in [1.54, 1.807) is 0 Å². The van der Waals surface area contributed by atoms with Gasteiger partial charge in [-0.15, -0.1) is 0 Å². The Morgan fingerprint density at radius 1 is 1.21 bits per heavy atom. The molecule has 0 amide bonds. The molecule has 14 heavy (non-hydrogen) atoms. The Hall–Kier alpha value is -0.900. The van der Waals surface area contributed by atoms with Crippen LogP contribution in [0, 0.1) is 12.8 Å². The molecular weight excluding hydrogens is 178 g/mol. The first-order valence-electron chi connectivity index (χ1n) is 5.07. The number of aryl methyl sites for hydroxylation is 1. The van der Waals surface area contributed by atoms with Gasteiger partial charge in [0, 0.05) is 6.04 Å². The molecule has 1 N–H and O–H groups in total. The van der Waals surface area contributed by atoms with Crippen molar-refractivity contribution >= 4 is 0 Å². The van der Waals surface area contributed by atoms with Crippen LogP contribution in [-0.2, 0) is 0 Å². The molecule has 0 saturated carbocycles. The van der Waals surface area contributed by atoms with Crippen molar-refractivity contribution in [3.63, 3.8) is 0 Å². The predicted octanol–water partition coefficient (Wildman–Crippen LogP) is 2.07.